The van der Waals surface area contributed by atoms with Gasteiger partial charge < -0.3 is 9.64 Å². The van der Waals surface area contributed by atoms with Crippen LogP contribution in [0.25, 0.3) is 16.9 Å². The first kappa shape index (κ1) is 23.4. The molecule has 3 aromatic rings. The summed E-state index contributed by atoms with van der Waals surface area (Å²) >= 11 is 1.36. The Labute approximate surface area is 198 Å². The standard InChI is InChI=1S/C24H27N3O4S2/c1-17(23(28)26(2)20-12-13-33(29,30)16-20)32-24-25-15-22(18-8-5-4-6-9-18)27(24)19-10-7-11-21(14-19)31-3/h4-11,14-15,17,20H,12-13,16H2,1-3H3. The van der Waals surface area contributed by atoms with E-state index in [4.69, 9.17) is 4.74 Å². The van der Waals surface area contributed by atoms with E-state index in [-0.39, 0.29) is 23.5 Å². The van der Waals surface area contributed by atoms with Crippen molar-refractivity contribution < 1.29 is 17.9 Å². The Morgan fingerprint density at radius 2 is 1.97 bits per heavy atom. The van der Waals surface area contributed by atoms with Crippen LogP contribution in [-0.2, 0) is 14.6 Å². The fourth-order valence-corrected chi connectivity index (χ4v) is 6.77. The van der Waals surface area contributed by atoms with E-state index in [0.29, 0.717) is 11.6 Å². The quantitative estimate of drug-likeness (QED) is 0.475. The zero-order valence-electron chi connectivity index (χ0n) is 18.8. The Bertz CT molecular complexity index is 1240. The summed E-state index contributed by atoms with van der Waals surface area (Å²) in [6.07, 6.45) is 2.29. The monoisotopic (exact) mass is 485 g/mol. The number of thioether (sulfide) groups is 1. The molecule has 1 aromatic heterocycles. The summed E-state index contributed by atoms with van der Waals surface area (Å²) < 4.78 is 31.1. The fourth-order valence-electron chi connectivity index (χ4n) is 3.99. The van der Waals surface area contributed by atoms with Gasteiger partial charge in [-0.1, -0.05) is 48.2 Å². The van der Waals surface area contributed by atoms with Crippen molar-refractivity contribution in [2.75, 3.05) is 25.7 Å². The Morgan fingerprint density at radius 3 is 2.64 bits per heavy atom. The summed E-state index contributed by atoms with van der Waals surface area (Å²) in [5, 5.41) is 0.240. The molecule has 9 heteroatoms. The van der Waals surface area contributed by atoms with E-state index < -0.39 is 15.1 Å². The van der Waals surface area contributed by atoms with Gasteiger partial charge in [0.1, 0.15) is 5.75 Å². The minimum Gasteiger partial charge on any atom is -0.497 e. The van der Waals surface area contributed by atoms with Gasteiger partial charge in [-0.2, -0.15) is 0 Å². The molecule has 1 aliphatic rings. The molecule has 0 saturated carbocycles. The van der Waals surface area contributed by atoms with E-state index >= 15 is 0 Å². The summed E-state index contributed by atoms with van der Waals surface area (Å²) in [5.41, 5.74) is 2.79. The second kappa shape index (κ2) is 9.61. The summed E-state index contributed by atoms with van der Waals surface area (Å²) in [5.74, 6) is 0.784. The molecule has 4 rings (SSSR count). The molecule has 0 radical (unpaired) electrons. The van der Waals surface area contributed by atoms with Crippen LogP contribution in [0.2, 0.25) is 0 Å². The molecular weight excluding hydrogens is 458 g/mol. The van der Waals surface area contributed by atoms with Gasteiger partial charge in [0.15, 0.2) is 15.0 Å². The number of ether oxygens (including phenoxy) is 1. The van der Waals surface area contributed by atoms with E-state index in [1.807, 2.05) is 72.3 Å². The molecule has 2 unspecified atom stereocenters. The van der Waals surface area contributed by atoms with Crippen molar-refractivity contribution in [3.63, 3.8) is 0 Å². The molecule has 7 nitrogen and oxygen atoms in total. The van der Waals surface area contributed by atoms with Crippen LogP contribution < -0.4 is 4.74 Å². The van der Waals surface area contributed by atoms with Crippen molar-refractivity contribution in [2.24, 2.45) is 0 Å². The lowest BCUT2D eigenvalue weighted by atomic mass is 10.1. The number of imidazole rings is 1. The highest BCUT2D eigenvalue weighted by atomic mass is 32.2. The molecule has 33 heavy (non-hydrogen) atoms. The van der Waals surface area contributed by atoms with Gasteiger partial charge in [-0.3, -0.25) is 9.36 Å². The van der Waals surface area contributed by atoms with Crippen molar-refractivity contribution in [3.8, 4) is 22.7 Å². The number of nitrogens with zero attached hydrogens (tertiary/aromatic N) is 3. The van der Waals surface area contributed by atoms with E-state index in [2.05, 4.69) is 4.98 Å². The van der Waals surface area contributed by atoms with Gasteiger partial charge in [0.25, 0.3) is 0 Å². The maximum absolute atomic E-state index is 13.1. The molecule has 174 valence electrons. The topological polar surface area (TPSA) is 81.5 Å². The largest absolute Gasteiger partial charge is 0.497 e. The molecule has 0 spiro atoms. The predicted molar refractivity (Wildman–Crippen MR) is 131 cm³/mol. The number of benzene rings is 2. The van der Waals surface area contributed by atoms with Crippen molar-refractivity contribution in [2.45, 2.75) is 29.8 Å². The van der Waals surface area contributed by atoms with Gasteiger partial charge in [0.05, 0.1) is 41.4 Å². The highest BCUT2D eigenvalue weighted by molar-refractivity contribution is 8.00. The fraction of sp³-hybridized carbons (Fsp3) is 0.333. The minimum atomic E-state index is -3.06. The zero-order chi connectivity index (χ0) is 23.6. The first-order valence-corrected chi connectivity index (χ1v) is 13.4. The Balaban J connectivity index is 1.65. The Hall–Kier alpha value is -2.78. The highest BCUT2D eigenvalue weighted by Crippen LogP contribution is 2.33. The average molecular weight is 486 g/mol. The number of hydrogen-bond donors (Lipinski definition) is 0. The maximum Gasteiger partial charge on any atom is 0.235 e. The van der Waals surface area contributed by atoms with Gasteiger partial charge >= 0.3 is 0 Å². The number of aromatic nitrogens is 2. The molecule has 2 aromatic carbocycles. The second-order valence-corrected chi connectivity index (χ2v) is 11.6. The number of sulfone groups is 1. The molecule has 2 atom stereocenters. The summed E-state index contributed by atoms with van der Waals surface area (Å²) in [6.45, 7) is 1.83. The van der Waals surface area contributed by atoms with Crippen LogP contribution in [-0.4, -0.2) is 65.7 Å². The van der Waals surface area contributed by atoms with Crippen molar-refractivity contribution >= 4 is 27.5 Å². The lowest BCUT2D eigenvalue weighted by Gasteiger charge is -2.26. The number of carbonyl (C=O) groups excluding carboxylic acids is 1. The normalized spacial score (nSPS) is 18.1. The maximum atomic E-state index is 13.1. The van der Waals surface area contributed by atoms with Crippen molar-refractivity contribution in [1.29, 1.82) is 0 Å². The molecule has 0 aliphatic carbocycles. The number of rotatable bonds is 7. The van der Waals surface area contributed by atoms with Crippen LogP contribution in [0.1, 0.15) is 13.3 Å². The Kier molecular flexibility index (Phi) is 6.81. The number of amides is 1. The van der Waals surface area contributed by atoms with E-state index in [9.17, 15) is 13.2 Å². The number of carbonyl (C=O) groups is 1. The smallest absolute Gasteiger partial charge is 0.235 e. The zero-order valence-corrected chi connectivity index (χ0v) is 20.5. The van der Waals surface area contributed by atoms with Crippen LogP contribution in [0, 0.1) is 0 Å². The summed E-state index contributed by atoms with van der Waals surface area (Å²) in [6, 6.07) is 17.4. The summed E-state index contributed by atoms with van der Waals surface area (Å²) in [4.78, 5) is 19.4. The molecular formula is C24H27N3O4S2. The van der Waals surface area contributed by atoms with Crippen LogP contribution in [0.3, 0.4) is 0 Å². The van der Waals surface area contributed by atoms with Crippen LogP contribution in [0.15, 0.2) is 66.0 Å². The minimum absolute atomic E-state index is 0.0310. The molecule has 0 N–H and O–H groups in total. The predicted octanol–water partition coefficient (Wildman–Crippen LogP) is 3.67. The first-order valence-electron chi connectivity index (χ1n) is 10.7. The van der Waals surface area contributed by atoms with Crippen molar-refractivity contribution in [1.82, 2.24) is 14.5 Å². The summed E-state index contributed by atoms with van der Waals surface area (Å²) in [7, 11) is 0.251. The van der Waals surface area contributed by atoms with E-state index in [1.54, 1.807) is 19.1 Å². The van der Waals surface area contributed by atoms with Gasteiger partial charge in [0.2, 0.25) is 5.91 Å². The van der Waals surface area contributed by atoms with Crippen molar-refractivity contribution in [3.05, 3.63) is 60.8 Å². The number of methoxy groups -OCH3 is 1. The van der Waals surface area contributed by atoms with E-state index in [0.717, 1.165) is 22.7 Å². The van der Waals surface area contributed by atoms with Gasteiger partial charge in [0, 0.05) is 24.7 Å². The highest BCUT2D eigenvalue weighted by Gasteiger charge is 2.34. The molecule has 1 fully saturated rings. The molecule has 1 aliphatic heterocycles. The third-order valence-electron chi connectivity index (χ3n) is 5.84. The van der Waals surface area contributed by atoms with Gasteiger partial charge in [-0.15, -0.1) is 0 Å². The van der Waals surface area contributed by atoms with Crippen LogP contribution in [0.4, 0.5) is 0 Å². The molecule has 0 bridgehead atoms. The lowest BCUT2D eigenvalue weighted by molar-refractivity contribution is -0.130. The molecule has 1 saturated heterocycles. The van der Waals surface area contributed by atoms with Gasteiger partial charge in [-0.25, -0.2) is 13.4 Å². The first-order chi connectivity index (χ1) is 15.8. The average Bonchev–Trinajstić information content (AvgIpc) is 3.41. The molecule has 1 amide bonds. The second-order valence-electron chi connectivity index (χ2n) is 8.10. The number of hydrogen-bond acceptors (Lipinski definition) is 6. The van der Waals surface area contributed by atoms with Crippen LogP contribution >= 0.6 is 11.8 Å². The Morgan fingerprint density at radius 1 is 1.21 bits per heavy atom. The molecule has 2 heterocycles. The third-order valence-corrected chi connectivity index (χ3v) is 8.65. The lowest BCUT2D eigenvalue weighted by Crippen LogP contribution is -2.41. The van der Waals surface area contributed by atoms with E-state index in [1.165, 1.54) is 11.8 Å². The van der Waals surface area contributed by atoms with Crippen LogP contribution in [0.5, 0.6) is 5.75 Å². The SMILES string of the molecule is COc1cccc(-n2c(-c3ccccc3)cnc2SC(C)C(=O)N(C)C2CCS(=O)(=O)C2)c1. The third kappa shape index (κ3) is 5.09. The van der Waals surface area contributed by atoms with Gasteiger partial charge in [-0.05, 0) is 25.5 Å².